The van der Waals surface area contributed by atoms with Crippen molar-refractivity contribution in [3.8, 4) is 0 Å². The highest BCUT2D eigenvalue weighted by atomic mass is 16.1. The highest BCUT2D eigenvalue weighted by Crippen LogP contribution is 2.11. The third-order valence-electron chi connectivity index (χ3n) is 5.62. The van der Waals surface area contributed by atoms with E-state index in [2.05, 4.69) is 18.7 Å². The number of nitrogens with zero attached hydrogens (tertiary/aromatic N) is 1. The molecule has 0 aliphatic rings. The van der Waals surface area contributed by atoms with Crippen LogP contribution in [0.3, 0.4) is 0 Å². The molecule has 0 spiro atoms. The van der Waals surface area contributed by atoms with Crippen LogP contribution in [0.5, 0.6) is 0 Å². The van der Waals surface area contributed by atoms with Gasteiger partial charge in [-0.2, -0.15) is 0 Å². The molecule has 0 N–H and O–H groups in total. The Balaban J connectivity index is 2.31. The van der Waals surface area contributed by atoms with E-state index in [1.54, 1.807) is 0 Å². The molecule has 0 radical (unpaired) electrons. The zero-order valence-corrected chi connectivity index (χ0v) is 18.8. The van der Waals surface area contributed by atoms with Crippen LogP contribution >= 0.6 is 0 Å². The van der Waals surface area contributed by atoms with E-state index in [9.17, 15) is 4.79 Å². The molecule has 0 fully saturated rings. The number of benzene rings is 1. The van der Waals surface area contributed by atoms with Gasteiger partial charge in [0, 0.05) is 5.56 Å². The van der Waals surface area contributed by atoms with Crippen molar-refractivity contribution in [2.45, 2.75) is 104 Å². The van der Waals surface area contributed by atoms with E-state index in [0.717, 1.165) is 18.7 Å². The summed E-state index contributed by atoms with van der Waals surface area (Å²) in [4.78, 5) is 15.0. The van der Waals surface area contributed by atoms with E-state index >= 15 is 0 Å². The molecule has 0 aromatic heterocycles. The summed E-state index contributed by atoms with van der Waals surface area (Å²) < 4.78 is 0. The van der Waals surface area contributed by atoms with E-state index in [0.29, 0.717) is 6.54 Å². The van der Waals surface area contributed by atoms with Gasteiger partial charge < -0.3 is 0 Å². The second-order valence-corrected chi connectivity index (χ2v) is 8.31. The zero-order chi connectivity index (χ0) is 20.3. The maximum absolute atomic E-state index is 12.6. The fraction of sp³-hybridized carbons (Fsp3) is 0.731. The van der Waals surface area contributed by atoms with Crippen molar-refractivity contribution in [3.63, 3.8) is 0 Å². The number of hydrogen-bond acceptors (Lipinski definition) is 2. The number of carbonyl (C=O) groups excluding carboxylic acids is 1. The highest BCUT2D eigenvalue weighted by Gasteiger charge is 2.12. The monoisotopic (exact) mass is 387 g/mol. The molecular weight excluding hydrogens is 342 g/mol. The second kappa shape index (κ2) is 17.9. The molecule has 0 unspecified atom stereocenters. The van der Waals surface area contributed by atoms with Gasteiger partial charge in [0.05, 0.1) is 6.54 Å². The summed E-state index contributed by atoms with van der Waals surface area (Å²) >= 11 is 0. The number of hydrogen-bond donors (Lipinski definition) is 0. The molecule has 0 atom stereocenters. The first kappa shape index (κ1) is 24.9. The van der Waals surface area contributed by atoms with Gasteiger partial charge >= 0.3 is 0 Å². The lowest BCUT2D eigenvalue weighted by Gasteiger charge is -2.21. The van der Waals surface area contributed by atoms with Crippen LogP contribution in [0.2, 0.25) is 0 Å². The number of unbranched alkanes of at least 4 members (excludes halogenated alkanes) is 12. The first-order valence-electron chi connectivity index (χ1n) is 12.1. The molecule has 1 aromatic carbocycles. The van der Waals surface area contributed by atoms with Crippen molar-refractivity contribution in [1.29, 1.82) is 0 Å². The largest absolute Gasteiger partial charge is 0.296 e. The van der Waals surface area contributed by atoms with Crippen LogP contribution in [-0.2, 0) is 0 Å². The summed E-state index contributed by atoms with van der Waals surface area (Å²) in [6.45, 7) is 7.26. The van der Waals surface area contributed by atoms with Gasteiger partial charge in [0.25, 0.3) is 0 Å². The molecule has 0 aliphatic carbocycles. The van der Waals surface area contributed by atoms with Crippen molar-refractivity contribution in [2.24, 2.45) is 0 Å². The third-order valence-corrected chi connectivity index (χ3v) is 5.62. The van der Waals surface area contributed by atoms with Crippen molar-refractivity contribution in [3.05, 3.63) is 35.9 Å². The summed E-state index contributed by atoms with van der Waals surface area (Å²) in [5.41, 5.74) is 0.853. The van der Waals surface area contributed by atoms with Gasteiger partial charge in [-0.15, -0.1) is 0 Å². The lowest BCUT2D eigenvalue weighted by molar-refractivity contribution is 0.0927. The minimum atomic E-state index is 0.270. The Morgan fingerprint density at radius 2 is 1.07 bits per heavy atom. The molecule has 0 heterocycles. The Labute approximate surface area is 175 Å². The third kappa shape index (κ3) is 13.1. The van der Waals surface area contributed by atoms with E-state index in [1.807, 2.05) is 30.3 Å². The minimum absolute atomic E-state index is 0.270. The van der Waals surface area contributed by atoms with Gasteiger partial charge in [-0.3, -0.25) is 9.69 Å². The Bertz CT molecular complexity index is 453. The number of ketones is 1. The van der Waals surface area contributed by atoms with Gasteiger partial charge in [-0.25, -0.2) is 0 Å². The van der Waals surface area contributed by atoms with Gasteiger partial charge in [0.1, 0.15) is 0 Å². The molecular formula is C26H45NO. The molecule has 2 heteroatoms. The van der Waals surface area contributed by atoms with Gasteiger partial charge in [0.2, 0.25) is 0 Å². The average molecular weight is 388 g/mol. The first-order chi connectivity index (χ1) is 13.8. The van der Waals surface area contributed by atoms with Crippen molar-refractivity contribution >= 4 is 5.78 Å². The number of rotatable bonds is 19. The molecule has 1 rings (SSSR count). The molecule has 28 heavy (non-hydrogen) atoms. The SMILES string of the molecule is CCCCCCCCCN(CCCCCCCCC)CC(=O)c1ccccc1. The smallest absolute Gasteiger partial charge is 0.176 e. The quantitative estimate of drug-likeness (QED) is 0.179. The van der Waals surface area contributed by atoms with Crippen molar-refractivity contribution in [1.82, 2.24) is 4.90 Å². The van der Waals surface area contributed by atoms with Gasteiger partial charge in [-0.1, -0.05) is 121 Å². The number of carbonyl (C=O) groups is 1. The summed E-state index contributed by atoms with van der Waals surface area (Å²) in [5, 5.41) is 0. The molecule has 0 amide bonds. The van der Waals surface area contributed by atoms with Crippen LogP contribution in [0.15, 0.2) is 30.3 Å². The first-order valence-corrected chi connectivity index (χ1v) is 12.1. The Hall–Kier alpha value is -1.15. The lowest BCUT2D eigenvalue weighted by atomic mass is 10.1. The Morgan fingerprint density at radius 3 is 1.54 bits per heavy atom. The molecule has 160 valence electrons. The van der Waals surface area contributed by atoms with Crippen LogP contribution in [-0.4, -0.2) is 30.3 Å². The molecule has 0 saturated heterocycles. The topological polar surface area (TPSA) is 20.3 Å². The second-order valence-electron chi connectivity index (χ2n) is 8.31. The lowest BCUT2D eigenvalue weighted by Crippen LogP contribution is -2.32. The normalized spacial score (nSPS) is 11.2. The summed E-state index contributed by atoms with van der Waals surface area (Å²) in [5.74, 6) is 0.270. The highest BCUT2D eigenvalue weighted by molar-refractivity contribution is 5.97. The van der Waals surface area contributed by atoms with Crippen LogP contribution in [0.1, 0.15) is 114 Å². The summed E-state index contributed by atoms with van der Waals surface area (Å²) in [7, 11) is 0. The fourth-order valence-corrected chi connectivity index (χ4v) is 3.77. The predicted octanol–water partition coefficient (Wildman–Crippen LogP) is 7.67. The minimum Gasteiger partial charge on any atom is -0.296 e. The summed E-state index contributed by atoms with van der Waals surface area (Å²) in [6.07, 6.45) is 18.6. The Morgan fingerprint density at radius 1 is 0.643 bits per heavy atom. The molecule has 0 bridgehead atoms. The van der Waals surface area contributed by atoms with Crippen LogP contribution < -0.4 is 0 Å². The van der Waals surface area contributed by atoms with E-state index in [4.69, 9.17) is 0 Å². The Kier molecular flexibility index (Phi) is 15.9. The van der Waals surface area contributed by atoms with Crippen LogP contribution in [0, 0.1) is 0 Å². The van der Waals surface area contributed by atoms with Crippen LogP contribution in [0.25, 0.3) is 0 Å². The van der Waals surface area contributed by atoms with E-state index in [-0.39, 0.29) is 5.78 Å². The van der Waals surface area contributed by atoms with Crippen molar-refractivity contribution < 1.29 is 4.79 Å². The average Bonchev–Trinajstić information content (AvgIpc) is 2.72. The maximum atomic E-state index is 12.6. The van der Waals surface area contributed by atoms with E-state index in [1.165, 1.54) is 89.9 Å². The van der Waals surface area contributed by atoms with Gasteiger partial charge in [0.15, 0.2) is 5.78 Å². The van der Waals surface area contributed by atoms with Gasteiger partial charge in [-0.05, 0) is 25.9 Å². The molecule has 0 aliphatic heterocycles. The summed E-state index contributed by atoms with van der Waals surface area (Å²) in [6, 6.07) is 9.80. The predicted molar refractivity (Wildman–Crippen MR) is 123 cm³/mol. The molecule has 2 nitrogen and oxygen atoms in total. The zero-order valence-electron chi connectivity index (χ0n) is 18.8. The number of Topliss-reactive ketones (excluding diaryl/α,β-unsaturated/α-hetero) is 1. The van der Waals surface area contributed by atoms with E-state index < -0.39 is 0 Å². The van der Waals surface area contributed by atoms with Crippen molar-refractivity contribution in [2.75, 3.05) is 19.6 Å². The fourth-order valence-electron chi connectivity index (χ4n) is 3.77. The molecule has 1 aromatic rings. The van der Waals surface area contributed by atoms with Crippen LogP contribution in [0.4, 0.5) is 0 Å². The molecule has 0 saturated carbocycles. The standard InChI is InChI=1S/C26H45NO/c1-3-5-7-9-11-13-18-22-27(23-19-14-12-10-8-6-4-2)24-26(28)25-20-16-15-17-21-25/h15-17,20-21H,3-14,18-19,22-24H2,1-2H3. The maximum Gasteiger partial charge on any atom is 0.176 e.